The summed E-state index contributed by atoms with van der Waals surface area (Å²) in [5.41, 5.74) is 2.49. The number of benzene rings is 1. The molecule has 25 heavy (non-hydrogen) atoms. The van der Waals surface area contributed by atoms with E-state index in [1.165, 1.54) is 0 Å². The van der Waals surface area contributed by atoms with Crippen LogP contribution in [-0.4, -0.2) is 39.6 Å². The van der Waals surface area contributed by atoms with Crippen molar-refractivity contribution in [2.24, 2.45) is 0 Å². The van der Waals surface area contributed by atoms with E-state index in [1.807, 2.05) is 6.07 Å². The number of hydrogen-bond acceptors (Lipinski definition) is 5. The van der Waals surface area contributed by atoms with E-state index >= 15 is 0 Å². The van der Waals surface area contributed by atoms with Gasteiger partial charge in [0.1, 0.15) is 11.9 Å². The smallest absolute Gasteiger partial charge is 0.410 e. The van der Waals surface area contributed by atoms with Gasteiger partial charge in [0.25, 0.3) is 0 Å². The fourth-order valence-corrected chi connectivity index (χ4v) is 3.03. The van der Waals surface area contributed by atoms with Crippen LogP contribution in [-0.2, 0) is 29.2 Å². The topological polar surface area (TPSA) is 87.1 Å². The van der Waals surface area contributed by atoms with Gasteiger partial charge in [-0.3, -0.25) is 0 Å². The Morgan fingerprint density at radius 3 is 2.40 bits per heavy atom. The van der Waals surface area contributed by atoms with Crippen LogP contribution < -0.4 is 0 Å². The molecule has 6 nitrogen and oxygen atoms in total. The van der Waals surface area contributed by atoms with Crippen molar-refractivity contribution < 1.29 is 24.5 Å². The van der Waals surface area contributed by atoms with E-state index in [0.717, 1.165) is 17.4 Å². The van der Waals surface area contributed by atoms with E-state index < -0.39 is 17.7 Å². The maximum Gasteiger partial charge on any atom is 0.410 e. The van der Waals surface area contributed by atoms with E-state index in [0.29, 0.717) is 24.1 Å². The molecule has 1 aromatic rings. The van der Waals surface area contributed by atoms with Crippen LogP contribution in [0, 0.1) is 0 Å². The van der Waals surface area contributed by atoms with Gasteiger partial charge in [0.2, 0.25) is 0 Å². The molecular formula is C18H27NO5S. The van der Waals surface area contributed by atoms with Crippen molar-refractivity contribution in [3.8, 4) is 0 Å². The predicted molar refractivity (Wildman–Crippen MR) is 98.7 cm³/mol. The number of aliphatic hydroxyl groups is 2. The Labute approximate surface area is 155 Å². The molecule has 0 saturated heterocycles. The highest BCUT2D eigenvalue weighted by Crippen LogP contribution is 2.34. The molecule has 1 atom stereocenters. The molecule has 1 aliphatic rings. The number of aliphatic hydroxyl groups excluding tert-OH is 2. The monoisotopic (exact) mass is 369 g/mol. The Balaban J connectivity index is 0.00000312. The molecule has 1 amide bonds. The largest absolute Gasteiger partial charge is 0.444 e. The lowest BCUT2D eigenvalue weighted by molar-refractivity contribution is -0.109. The average Bonchev–Trinajstić information content (AvgIpc) is 2.52. The highest BCUT2D eigenvalue weighted by Gasteiger charge is 2.34. The van der Waals surface area contributed by atoms with Crippen molar-refractivity contribution in [2.45, 2.75) is 58.5 Å². The lowest BCUT2D eigenvalue weighted by Crippen LogP contribution is -2.43. The van der Waals surface area contributed by atoms with Gasteiger partial charge in [-0.25, -0.2) is 4.79 Å². The Morgan fingerprint density at radius 1 is 1.28 bits per heavy atom. The van der Waals surface area contributed by atoms with Gasteiger partial charge in [0.15, 0.2) is 0 Å². The van der Waals surface area contributed by atoms with Crippen molar-refractivity contribution in [3.63, 3.8) is 0 Å². The molecule has 0 unspecified atom stereocenters. The van der Waals surface area contributed by atoms with Crippen molar-refractivity contribution in [3.05, 3.63) is 34.4 Å². The molecule has 0 bridgehead atoms. The zero-order chi connectivity index (χ0) is 17.9. The van der Waals surface area contributed by atoms with Gasteiger partial charge >= 0.3 is 6.09 Å². The number of carbonyl (C=O) groups is 2. The van der Waals surface area contributed by atoms with Crippen molar-refractivity contribution in [1.82, 2.24) is 4.90 Å². The second-order valence-electron chi connectivity index (χ2n) is 6.98. The van der Waals surface area contributed by atoms with E-state index in [9.17, 15) is 19.8 Å². The SMILES string of the molecule is CC(C)(C)OC(=O)N1CCc2cc(CO)c(CO)cc2[C@@H]1CC=O.S. The van der Waals surface area contributed by atoms with Gasteiger partial charge < -0.3 is 24.6 Å². The first kappa shape index (κ1) is 21.5. The molecule has 0 spiro atoms. The molecule has 0 saturated carbocycles. The van der Waals surface area contributed by atoms with Crippen LogP contribution in [0.4, 0.5) is 4.79 Å². The second-order valence-corrected chi connectivity index (χ2v) is 6.98. The fourth-order valence-electron chi connectivity index (χ4n) is 3.03. The summed E-state index contributed by atoms with van der Waals surface area (Å²) >= 11 is 0. The minimum atomic E-state index is -0.611. The lowest BCUT2D eigenvalue weighted by atomic mass is 9.87. The number of hydrogen-bond donors (Lipinski definition) is 2. The van der Waals surface area contributed by atoms with Crippen LogP contribution in [0.25, 0.3) is 0 Å². The van der Waals surface area contributed by atoms with Gasteiger partial charge in [0.05, 0.1) is 19.3 Å². The number of rotatable bonds is 4. The third kappa shape index (κ3) is 4.96. The zero-order valence-corrected chi connectivity index (χ0v) is 15.9. The van der Waals surface area contributed by atoms with Crippen LogP contribution in [0.3, 0.4) is 0 Å². The number of amides is 1. The summed E-state index contributed by atoms with van der Waals surface area (Å²) in [6.45, 7) is 5.49. The number of fused-ring (bicyclic) bond motifs is 1. The Hall–Kier alpha value is -1.57. The Morgan fingerprint density at radius 2 is 1.88 bits per heavy atom. The summed E-state index contributed by atoms with van der Waals surface area (Å²) in [4.78, 5) is 25.2. The van der Waals surface area contributed by atoms with Gasteiger partial charge in [0, 0.05) is 13.0 Å². The van der Waals surface area contributed by atoms with Crippen LogP contribution >= 0.6 is 13.5 Å². The molecule has 0 aliphatic carbocycles. The minimum Gasteiger partial charge on any atom is -0.444 e. The van der Waals surface area contributed by atoms with Crippen molar-refractivity contribution >= 4 is 25.9 Å². The van der Waals surface area contributed by atoms with E-state index in [2.05, 4.69) is 0 Å². The number of carbonyl (C=O) groups excluding carboxylic acids is 2. The second kappa shape index (κ2) is 8.69. The lowest BCUT2D eigenvalue weighted by Gasteiger charge is -2.38. The summed E-state index contributed by atoms with van der Waals surface area (Å²) in [5.74, 6) is 0. The first-order chi connectivity index (χ1) is 11.3. The number of ether oxygens (including phenoxy) is 1. The van der Waals surface area contributed by atoms with E-state index in [-0.39, 0.29) is 33.1 Å². The van der Waals surface area contributed by atoms with Gasteiger partial charge in [-0.1, -0.05) is 12.1 Å². The van der Waals surface area contributed by atoms with Gasteiger partial charge in [-0.2, -0.15) is 13.5 Å². The van der Waals surface area contributed by atoms with Crippen LogP contribution in [0.2, 0.25) is 0 Å². The molecule has 0 fully saturated rings. The number of aldehydes is 1. The molecule has 2 N–H and O–H groups in total. The first-order valence-corrected chi connectivity index (χ1v) is 8.10. The predicted octanol–water partition coefficient (Wildman–Crippen LogP) is 2.21. The van der Waals surface area contributed by atoms with Crippen molar-refractivity contribution in [1.29, 1.82) is 0 Å². The average molecular weight is 369 g/mol. The summed E-state index contributed by atoms with van der Waals surface area (Å²) in [7, 11) is 0. The van der Waals surface area contributed by atoms with E-state index in [4.69, 9.17) is 4.74 Å². The molecule has 1 aliphatic heterocycles. The Bertz CT molecular complexity index is 627. The summed E-state index contributed by atoms with van der Waals surface area (Å²) < 4.78 is 5.45. The molecule has 2 rings (SSSR count). The summed E-state index contributed by atoms with van der Waals surface area (Å²) in [6, 6.07) is 3.22. The molecule has 7 heteroatoms. The summed E-state index contributed by atoms with van der Waals surface area (Å²) in [5, 5.41) is 18.9. The van der Waals surface area contributed by atoms with Crippen LogP contribution in [0.1, 0.15) is 55.5 Å². The third-order valence-electron chi connectivity index (χ3n) is 4.11. The maximum atomic E-state index is 12.5. The zero-order valence-electron chi connectivity index (χ0n) is 14.9. The van der Waals surface area contributed by atoms with Crippen molar-refractivity contribution in [2.75, 3.05) is 6.54 Å². The molecule has 140 valence electrons. The molecule has 0 aromatic heterocycles. The van der Waals surface area contributed by atoms with Gasteiger partial charge in [-0.05, 0) is 49.4 Å². The fraction of sp³-hybridized carbons (Fsp3) is 0.556. The Kier molecular flexibility index (Phi) is 7.46. The van der Waals surface area contributed by atoms with Crippen LogP contribution in [0.15, 0.2) is 12.1 Å². The van der Waals surface area contributed by atoms with Crippen LogP contribution in [0.5, 0.6) is 0 Å². The number of nitrogens with zero attached hydrogens (tertiary/aromatic N) is 1. The van der Waals surface area contributed by atoms with Gasteiger partial charge in [-0.15, -0.1) is 0 Å². The third-order valence-corrected chi connectivity index (χ3v) is 4.11. The minimum absolute atomic E-state index is 0. The molecule has 0 radical (unpaired) electrons. The molecular weight excluding hydrogens is 342 g/mol. The first-order valence-electron chi connectivity index (χ1n) is 8.10. The quantitative estimate of drug-likeness (QED) is 0.795. The highest BCUT2D eigenvalue weighted by atomic mass is 32.1. The summed E-state index contributed by atoms with van der Waals surface area (Å²) in [6.07, 6.45) is 1.12. The maximum absolute atomic E-state index is 12.5. The molecule has 1 heterocycles. The highest BCUT2D eigenvalue weighted by molar-refractivity contribution is 7.59. The standard InChI is InChI=1S/C18H25NO5.H2S/c1-18(2,3)24-17(23)19-6-4-12-8-13(10-21)14(11-22)9-15(12)16(19)5-7-20;/h7-9,16,21-22H,4-6,10-11H2,1-3H3;1H2/t16-;/m0./s1. The molecule has 1 aromatic carbocycles. The normalized spacial score (nSPS) is 16.7. The van der Waals surface area contributed by atoms with E-state index in [1.54, 1.807) is 31.7 Å².